The smallest absolute Gasteiger partial charge is 0.146 e. The van der Waals surface area contributed by atoms with Crippen molar-refractivity contribution < 1.29 is 4.74 Å². The van der Waals surface area contributed by atoms with Gasteiger partial charge in [0.05, 0.1) is 22.7 Å². The topological polar surface area (TPSA) is 61.7 Å². The minimum atomic E-state index is 0.376. The molecule has 4 nitrogen and oxygen atoms in total. The molecule has 98 valence electrons. The van der Waals surface area contributed by atoms with Gasteiger partial charge in [0.1, 0.15) is 18.2 Å². The van der Waals surface area contributed by atoms with E-state index in [1.807, 2.05) is 37.3 Å². The highest BCUT2D eigenvalue weighted by Crippen LogP contribution is 2.18. The average molecular weight is 263 g/mol. The van der Waals surface area contributed by atoms with Crippen LogP contribution >= 0.6 is 0 Å². The Kier molecular flexibility index (Phi) is 3.10. The molecule has 0 aliphatic rings. The Balaban J connectivity index is 1.82. The van der Waals surface area contributed by atoms with Crippen molar-refractivity contribution in [3.8, 4) is 11.8 Å². The molecule has 0 aliphatic heterocycles. The maximum Gasteiger partial charge on any atom is 0.146 e. The fourth-order valence-corrected chi connectivity index (χ4v) is 2.06. The third kappa shape index (κ3) is 2.34. The second-order valence-electron chi connectivity index (χ2n) is 4.58. The average Bonchev–Trinajstić information content (AvgIpc) is 2.88. The van der Waals surface area contributed by atoms with E-state index >= 15 is 0 Å². The second-order valence-corrected chi connectivity index (χ2v) is 4.58. The number of imidazole rings is 1. The molecule has 0 radical (unpaired) electrons. The van der Waals surface area contributed by atoms with Crippen LogP contribution in [0.4, 0.5) is 0 Å². The Morgan fingerprint density at radius 1 is 1.25 bits per heavy atom. The summed E-state index contributed by atoms with van der Waals surface area (Å²) in [6, 6.07) is 15.4. The van der Waals surface area contributed by atoms with E-state index < -0.39 is 0 Å². The van der Waals surface area contributed by atoms with Crippen molar-refractivity contribution in [2.45, 2.75) is 13.5 Å². The zero-order valence-corrected chi connectivity index (χ0v) is 11.1. The van der Waals surface area contributed by atoms with Crippen LogP contribution in [0.15, 0.2) is 42.5 Å². The van der Waals surface area contributed by atoms with Crippen molar-refractivity contribution in [3.05, 3.63) is 59.4 Å². The van der Waals surface area contributed by atoms with Gasteiger partial charge in [-0.25, -0.2) is 4.98 Å². The van der Waals surface area contributed by atoms with Crippen LogP contribution in [-0.2, 0) is 6.61 Å². The summed E-state index contributed by atoms with van der Waals surface area (Å²) in [6.07, 6.45) is 0. The molecular weight excluding hydrogens is 250 g/mol. The molecule has 3 aromatic rings. The number of rotatable bonds is 3. The Morgan fingerprint density at radius 2 is 2.10 bits per heavy atom. The Morgan fingerprint density at radius 3 is 2.90 bits per heavy atom. The number of para-hydroxylation sites is 1. The summed E-state index contributed by atoms with van der Waals surface area (Å²) in [6.45, 7) is 2.38. The quantitative estimate of drug-likeness (QED) is 0.788. The van der Waals surface area contributed by atoms with Crippen LogP contribution in [0.3, 0.4) is 0 Å². The molecule has 0 saturated carbocycles. The Bertz CT molecular complexity index is 799. The lowest BCUT2D eigenvalue weighted by atomic mass is 10.2. The van der Waals surface area contributed by atoms with Crippen LogP contribution in [-0.4, -0.2) is 9.97 Å². The highest BCUT2D eigenvalue weighted by Gasteiger charge is 2.05. The molecule has 20 heavy (non-hydrogen) atoms. The summed E-state index contributed by atoms with van der Waals surface area (Å²) in [4.78, 5) is 7.62. The fourth-order valence-electron chi connectivity index (χ4n) is 2.06. The number of aryl methyl sites for hydroxylation is 1. The van der Waals surface area contributed by atoms with Crippen LogP contribution in [0, 0.1) is 18.3 Å². The zero-order chi connectivity index (χ0) is 13.9. The van der Waals surface area contributed by atoms with E-state index in [9.17, 15) is 0 Å². The van der Waals surface area contributed by atoms with Gasteiger partial charge in [0, 0.05) is 0 Å². The fraction of sp³-hybridized carbons (Fsp3) is 0.125. The van der Waals surface area contributed by atoms with E-state index in [1.165, 1.54) is 0 Å². The number of aromatic amines is 1. The van der Waals surface area contributed by atoms with E-state index in [-0.39, 0.29) is 0 Å². The first-order chi connectivity index (χ1) is 9.76. The summed E-state index contributed by atoms with van der Waals surface area (Å²) < 4.78 is 5.75. The van der Waals surface area contributed by atoms with Gasteiger partial charge in [-0.15, -0.1) is 0 Å². The molecule has 0 fully saturated rings. The van der Waals surface area contributed by atoms with Crippen molar-refractivity contribution in [1.29, 1.82) is 5.26 Å². The normalized spacial score (nSPS) is 10.4. The predicted molar refractivity (Wildman–Crippen MR) is 76.3 cm³/mol. The number of aromatic nitrogens is 2. The van der Waals surface area contributed by atoms with Gasteiger partial charge >= 0.3 is 0 Å². The largest absolute Gasteiger partial charge is 0.485 e. The molecule has 2 aromatic carbocycles. The first kappa shape index (κ1) is 12.2. The number of hydrogen-bond acceptors (Lipinski definition) is 3. The number of ether oxygens (including phenoxy) is 1. The molecule has 1 aromatic heterocycles. The molecule has 0 bridgehead atoms. The van der Waals surface area contributed by atoms with Gasteiger partial charge in [0.2, 0.25) is 0 Å². The van der Waals surface area contributed by atoms with E-state index in [4.69, 9.17) is 10.00 Å². The van der Waals surface area contributed by atoms with Gasteiger partial charge in [-0.1, -0.05) is 18.2 Å². The number of benzene rings is 2. The minimum Gasteiger partial charge on any atom is -0.485 e. The lowest BCUT2D eigenvalue weighted by Gasteiger charge is -2.06. The Labute approximate surface area is 116 Å². The predicted octanol–water partition coefficient (Wildman–Crippen LogP) is 3.32. The van der Waals surface area contributed by atoms with Crippen molar-refractivity contribution in [2.24, 2.45) is 0 Å². The number of nitrogens with one attached hydrogen (secondary N) is 1. The number of hydrogen-bond donors (Lipinski definition) is 1. The van der Waals surface area contributed by atoms with Crippen molar-refractivity contribution in [2.75, 3.05) is 0 Å². The van der Waals surface area contributed by atoms with Crippen molar-refractivity contribution in [1.82, 2.24) is 9.97 Å². The van der Waals surface area contributed by atoms with Crippen molar-refractivity contribution >= 4 is 11.0 Å². The van der Waals surface area contributed by atoms with Gasteiger partial charge in [-0.05, 0) is 36.8 Å². The molecule has 4 heteroatoms. The second kappa shape index (κ2) is 5.06. The Hall–Kier alpha value is -2.80. The molecular formula is C16H13N3O. The van der Waals surface area contributed by atoms with Gasteiger partial charge in [-0.2, -0.15) is 5.26 Å². The van der Waals surface area contributed by atoms with E-state index in [0.29, 0.717) is 12.2 Å². The first-order valence-electron chi connectivity index (χ1n) is 6.33. The number of nitrogens with zero attached hydrogens (tertiary/aromatic N) is 2. The molecule has 0 spiro atoms. The van der Waals surface area contributed by atoms with E-state index in [1.54, 1.807) is 12.1 Å². The van der Waals surface area contributed by atoms with Crippen molar-refractivity contribution in [3.63, 3.8) is 0 Å². The first-order valence-corrected chi connectivity index (χ1v) is 6.33. The molecule has 0 saturated heterocycles. The molecule has 1 N–H and O–H groups in total. The van der Waals surface area contributed by atoms with Gasteiger partial charge in [0.25, 0.3) is 0 Å². The van der Waals surface area contributed by atoms with Crippen LogP contribution in [0.1, 0.15) is 17.0 Å². The van der Waals surface area contributed by atoms with Crippen LogP contribution in [0.25, 0.3) is 11.0 Å². The molecule has 1 heterocycles. The highest BCUT2D eigenvalue weighted by molar-refractivity contribution is 5.76. The summed E-state index contributed by atoms with van der Waals surface area (Å²) >= 11 is 0. The summed E-state index contributed by atoms with van der Waals surface area (Å²) in [5.74, 6) is 1.60. The highest BCUT2D eigenvalue weighted by atomic mass is 16.5. The monoisotopic (exact) mass is 263 g/mol. The third-order valence-corrected chi connectivity index (χ3v) is 3.12. The SMILES string of the molecule is Cc1ccccc1OCc1nc2ccc(C#N)cc2[nH]1. The summed E-state index contributed by atoms with van der Waals surface area (Å²) in [7, 11) is 0. The van der Waals surface area contributed by atoms with Gasteiger partial charge in [-0.3, -0.25) is 0 Å². The number of fused-ring (bicyclic) bond motifs is 1. The minimum absolute atomic E-state index is 0.376. The van der Waals surface area contributed by atoms with E-state index in [2.05, 4.69) is 16.0 Å². The number of nitriles is 1. The van der Waals surface area contributed by atoms with Crippen LogP contribution in [0.5, 0.6) is 5.75 Å². The summed E-state index contributed by atoms with van der Waals surface area (Å²) in [5.41, 5.74) is 3.41. The third-order valence-electron chi connectivity index (χ3n) is 3.12. The molecule has 0 unspecified atom stereocenters. The van der Waals surface area contributed by atoms with Crippen LogP contribution < -0.4 is 4.74 Å². The van der Waals surface area contributed by atoms with Gasteiger partial charge < -0.3 is 9.72 Å². The maximum absolute atomic E-state index is 8.88. The zero-order valence-electron chi connectivity index (χ0n) is 11.1. The molecule has 3 rings (SSSR count). The standard InChI is InChI=1S/C16H13N3O/c1-11-4-2-3-5-15(11)20-10-16-18-13-7-6-12(9-17)8-14(13)19-16/h2-8H,10H2,1H3,(H,18,19). The number of H-pyrrole nitrogens is 1. The lowest BCUT2D eigenvalue weighted by molar-refractivity contribution is 0.295. The molecule has 0 atom stereocenters. The molecule has 0 amide bonds. The maximum atomic E-state index is 8.88. The van der Waals surface area contributed by atoms with Crippen LogP contribution in [0.2, 0.25) is 0 Å². The van der Waals surface area contributed by atoms with E-state index in [0.717, 1.165) is 28.2 Å². The van der Waals surface area contributed by atoms with Gasteiger partial charge in [0.15, 0.2) is 0 Å². The summed E-state index contributed by atoms with van der Waals surface area (Å²) in [5, 5.41) is 8.88. The molecule has 0 aliphatic carbocycles. The lowest BCUT2D eigenvalue weighted by Crippen LogP contribution is -1.98.